The number of hydrogen-bond donors (Lipinski definition) is 1. The van der Waals surface area contributed by atoms with Crippen LogP contribution < -0.4 is 5.54 Å². The van der Waals surface area contributed by atoms with Gasteiger partial charge in [-0.15, -0.1) is 4.48 Å². The summed E-state index contributed by atoms with van der Waals surface area (Å²) in [7, 11) is 1.17. The second-order valence-electron chi connectivity index (χ2n) is 4.99. The number of carbonyl (C=O) groups excluding carboxylic acids is 2. The molecule has 0 atom stereocenters. The number of aryl methyl sites for hydroxylation is 1. The van der Waals surface area contributed by atoms with E-state index in [0.717, 1.165) is 11.1 Å². The molecule has 0 spiro atoms. The molecule has 0 unspecified atom stereocenters. The number of ether oxygens (including phenoxy) is 1. The van der Waals surface area contributed by atoms with Crippen LogP contribution in [0.5, 0.6) is 0 Å². The summed E-state index contributed by atoms with van der Waals surface area (Å²) in [5, 5.41) is 0. The third kappa shape index (κ3) is 4.53. The Morgan fingerprint density at radius 2 is 1.92 bits per heavy atom. The number of halogens is 2. The molecule has 0 aliphatic rings. The van der Waals surface area contributed by atoms with Gasteiger partial charge in [-0.1, -0.05) is 30.3 Å². The van der Waals surface area contributed by atoms with E-state index in [1.807, 2.05) is 0 Å². The van der Waals surface area contributed by atoms with Crippen molar-refractivity contribution in [3.8, 4) is 11.1 Å². The van der Waals surface area contributed by atoms with Crippen molar-refractivity contribution in [1.29, 1.82) is 0 Å². The number of hydrogen-bond acceptors (Lipinski definition) is 3. The first-order chi connectivity index (χ1) is 11.0. The van der Waals surface area contributed by atoms with E-state index in [0.29, 0.717) is 16.7 Å². The molecule has 1 amide bonds. The summed E-state index contributed by atoms with van der Waals surface area (Å²) in [6.45, 7) is 1.78. The van der Waals surface area contributed by atoms with E-state index in [4.69, 9.17) is 0 Å². The second kappa shape index (κ2) is 9.11. The predicted molar refractivity (Wildman–Crippen MR) is 80.9 cm³/mol. The first-order valence-electron chi connectivity index (χ1n) is 6.84. The average Bonchev–Trinajstić information content (AvgIpc) is 2.55. The van der Waals surface area contributed by atoms with Crippen LogP contribution in [0.25, 0.3) is 11.1 Å². The number of amides is 1. The molecule has 0 aromatic heterocycles. The molecule has 0 saturated heterocycles. The SMILES string of the molecule is COC(=O)c1c(F)cccc1-c1ccc(C)c(CC(=O)NF)c1.[Ar]. The van der Waals surface area contributed by atoms with Crippen molar-refractivity contribution < 1.29 is 60.9 Å². The molecule has 4 nitrogen and oxygen atoms in total. The molecule has 24 heavy (non-hydrogen) atoms. The standard InChI is InChI=1S/C17H15F2NO3.Ar/c1-10-6-7-11(8-12(10)9-15(21)20-19)13-4-3-5-14(18)16(13)17(22)23-2;/h3-8H,9H2,1-2H3,(H,20,21);. The fourth-order valence-electron chi connectivity index (χ4n) is 2.31. The molecular formula is C17H15ArF2NO3. The maximum Gasteiger partial charge on any atom is 0.341 e. The maximum atomic E-state index is 14.0. The first kappa shape index (κ1) is 20.5. The minimum atomic E-state index is -0.790. The van der Waals surface area contributed by atoms with Gasteiger partial charge >= 0.3 is 5.97 Å². The molecule has 2 aromatic rings. The minimum Gasteiger partial charge on any atom is -0.465 e. The third-order valence-corrected chi connectivity index (χ3v) is 3.52. The van der Waals surface area contributed by atoms with Crippen LogP contribution in [0, 0.1) is 50.5 Å². The Balaban J connectivity index is 0.00000288. The number of carbonyl (C=O) groups is 2. The minimum absolute atomic E-state index is 0. The summed E-state index contributed by atoms with van der Waals surface area (Å²) >= 11 is 0. The van der Waals surface area contributed by atoms with Crippen LogP contribution in [0.15, 0.2) is 36.4 Å². The summed E-state index contributed by atoms with van der Waals surface area (Å²) in [6, 6.07) is 9.28. The summed E-state index contributed by atoms with van der Waals surface area (Å²) in [5.41, 5.74) is 3.15. The molecule has 0 saturated carbocycles. The van der Waals surface area contributed by atoms with Crippen molar-refractivity contribution in [2.75, 3.05) is 7.11 Å². The average molecular weight is 359 g/mol. The molecule has 0 fully saturated rings. The quantitative estimate of drug-likeness (QED) is 0.674. The van der Waals surface area contributed by atoms with Gasteiger partial charge in [0.15, 0.2) is 0 Å². The Hall–Kier alpha value is -1.50. The van der Waals surface area contributed by atoms with Gasteiger partial charge in [0.05, 0.1) is 13.5 Å². The van der Waals surface area contributed by atoms with Crippen LogP contribution in [0.3, 0.4) is 0 Å². The van der Waals surface area contributed by atoms with E-state index in [1.54, 1.807) is 31.2 Å². The maximum absolute atomic E-state index is 14.0. The Bertz CT molecular complexity index is 765. The predicted octanol–water partition coefficient (Wildman–Crippen LogP) is 3.13. The second-order valence-corrected chi connectivity index (χ2v) is 4.99. The zero-order chi connectivity index (χ0) is 17.0. The molecule has 0 aliphatic heterocycles. The summed E-state index contributed by atoms with van der Waals surface area (Å²) in [6.07, 6.45) is -0.154. The van der Waals surface area contributed by atoms with E-state index in [9.17, 15) is 18.5 Å². The van der Waals surface area contributed by atoms with E-state index >= 15 is 0 Å². The van der Waals surface area contributed by atoms with Gasteiger partial charge in [0.1, 0.15) is 11.4 Å². The molecule has 0 bridgehead atoms. The molecular weight excluding hydrogens is 344 g/mol. The Morgan fingerprint density at radius 3 is 2.54 bits per heavy atom. The molecule has 0 radical (unpaired) electrons. The van der Waals surface area contributed by atoms with Crippen LogP contribution in [-0.4, -0.2) is 19.0 Å². The topological polar surface area (TPSA) is 55.4 Å². The number of esters is 1. The fraction of sp³-hybridized carbons (Fsp3) is 0.176. The molecule has 2 rings (SSSR count). The fourth-order valence-corrected chi connectivity index (χ4v) is 2.31. The van der Waals surface area contributed by atoms with Gasteiger partial charge < -0.3 is 4.74 Å². The third-order valence-electron chi connectivity index (χ3n) is 3.52. The molecule has 7 heteroatoms. The first-order valence-corrected chi connectivity index (χ1v) is 6.84. The zero-order valence-electron chi connectivity index (χ0n) is 13.0. The van der Waals surface area contributed by atoms with E-state index < -0.39 is 17.7 Å². The monoisotopic (exact) mass is 359 g/mol. The molecule has 2 aromatic carbocycles. The van der Waals surface area contributed by atoms with E-state index in [2.05, 4.69) is 4.74 Å². The van der Waals surface area contributed by atoms with Gasteiger partial charge in [-0.25, -0.2) is 9.18 Å². The van der Waals surface area contributed by atoms with Gasteiger partial charge in [0.25, 0.3) is 5.91 Å². The van der Waals surface area contributed by atoms with Crippen molar-refractivity contribution in [3.63, 3.8) is 0 Å². The zero-order valence-corrected chi connectivity index (χ0v) is 13.7. The number of rotatable bonds is 4. The Kier molecular flexibility index (Phi) is 7.79. The van der Waals surface area contributed by atoms with Crippen molar-refractivity contribution >= 4 is 11.9 Å². The van der Waals surface area contributed by atoms with Crippen LogP contribution in [0.4, 0.5) is 8.87 Å². The number of methoxy groups -OCH3 is 1. The largest absolute Gasteiger partial charge is 0.465 e. The summed E-state index contributed by atoms with van der Waals surface area (Å²) < 4.78 is 30.8. The Labute approximate surface area is 168 Å². The number of benzene rings is 2. The van der Waals surface area contributed by atoms with Gasteiger partial charge in [-0.2, -0.15) is 5.54 Å². The number of nitrogens with one attached hydrogen (secondary N) is 1. The van der Waals surface area contributed by atoms with Crippen LogP contribution in [-0.2, 0) is 16.0 Å². The molecule has 128 valence electrons. The van der Waals surface area contributed by atoms with Crippen molar-refractivity contribution in [2.45, 2.75) is 13.3 Å². The van der Waals surface area contributed by atoms with Crippen molar-refractivity contribution in [2.24, 2.45) is 0 Å². The van der Waals surface area contributed by atoms with Crippen LogP contribution >= 0.6 is 0 Å². The summed E-state index contributed by atoms with van der Waals surface area (Å²) in [4.78, 5) is 23.1. The molecule has 0 aliphatic carbocycles. The van der Waals surface area contributed by atoms with Gasteiger partial charge in [-0.3, -0.25) is 4.79 Å². The van der Waals surface area contributed by atoms with E-state index in [-0.39, 0.29) is 49.7 Å². The Morgan fingerprint density at radius 1 is 1.21 bits per heavy atom. The summed E-state index contributed by atoms with van der Waals surface area (Å²) in [5.74, 6) is -2.27. The van der Waals surface area contributed by atoms with Crippen molar-refractivity contribution in [1.82, 2.24) is 5.54 Å². The van der Waals surface area contributed by atoms with Gasteiger partial charge in [0.2, 0.25) is 0 Å². The van der Waals surface area contributed by atoms with Gasteiger partial charge in [0, 0.05) is 37.7 Å². The van der Waals surface area contributed by atoms with Gasteiger partial charge in [-0.05, 0) is 35.2 Å². The van der Waals surface area contributed by atoms with Crippen molar-refractivity contribution in [3.05, 3.63) is 58.9 Å². The normalized spacial score (nSPS) is 9.83. The van der Waals surface area contributed by atoms with E-state index in [1.165, 1.54) is 19.2 Å². The van der Waals surface area contributed by atoms with Crippen LogP contribution in [0.2, 0.25) is 0 Å². The smallest absolute Gasteiger partial charge is 0.341 e. The molecule has 0 heterocycles. The molecule has 1 N–H and O–H groups in total. The van der Waals surface area contributed by atoms with Crippen LogP contribution in [0.1, 0.15) is 21.5 Å².